The molecule has 22 rings (SSSR count). The van der Waals surface area contributed by atoms with Crippen molar-refractivity contribution in [1.29, 1.82) is 0 Å². The molecule has 8 nitrogen and oxygen atoms in total. The van der Waals surface area contributed by atoms with E-state index in [4.69, 9.17) is 29.9 Å². The average molecular weight is 1430 g/mol. The van der Waals surface area contributed by atoms with Crippen molar-refractivity contribution >= 4 is 65.2 Å². The second-order valence-electron chi connectivity index (χ2n) is 30.9. The van der Waals surface area contributed by atoms with Gasteiger partial charge in [-0.3, -0.25) is 0 Å². The molecule has 112 heavy (non-hydrogen) atoms. The van der Waals surface area contributed by atoms with E-state index in [-0.39, 0.29) is 10.8 Å². The molecule has 4 aromatic heterocycles. The van der Waals surface area contributed by atoms with Crippen LogP contribution in [-0.4, -0.2) is 39.0 Å². The van der Waals surface area contributed by atoms with Crippen molar-refractivity contribution in [1.82, 2.24) is 39.0 Å². The molecular formula is C104H70N8. The lowest BCUT2D eigenvalue weighted by Gasteiger charge is -2.22. The van der Waals surface area contributed by atoms with Gasteiger partial charge in [-0.1, -0.05) is 307 Å². The van der Waals surface area contributed by atoms with Gasteiger partial charge in [-0.05, 0) is 161 Å². The summed E-state index contributed by atoms with van der Waals surface area (Å²) in [6.07, 6.45) is 0. The number of hydrogen-bond acceptors (Lipinski definition) is 6. The maximum Gasteiger partial charge on any atom is 0.166 e. The SMILES string of the molecule is CC1(C)c2ccc(-c3cccc(-c4nc(-c5ccccc5)nc(-c5cccc(-c6ccc7ccccc7c6)c5-n5c6ccccc6c6cc7c(cc65)C(C)(C)c5ccccc5-7)n4)c3)cc2-c2cc3c4ccccc4n(-c4cccc(-c5nc(-c6ccccc6)nc(-c6ccccc6)n5)c4-c4ccc5ccccc5c4)c3cc21. The quantitative estimate of drug-likeness (QED) is 0.128. The molecular weight excluding hydrogens is 1360 g/mol. The second kappa shape index (κ2) is 25.1. The van der Waals surface area contributed by atoms with Crippen LogP contribution in [0.2, 0.25) is 0 Å². The van der Waals surface area contributed by atoms with Crippen LogP contribution in [0.25, 0.3) is 200 Å². The highest BCUT2D eigenvalue weighted by atomic mass is 15.1. The molecule has 0 N–H and O–H groups in total. The number of hydrogen-bond donors (Lipinski definition) is 0. The summed E-state index contributed by atoms with van der Waals surface area (Å²) in [7, 11) is 0. The van der Waals surface area contributed by atoms with Crippen molar-refractivity contribution in [2.45, 2.75) is 38.5 Å². The fourth-order valence-electron chi connectivity index (χ4n) is 18.3. The van der Waals surface area contributed by atoms with Crippen LogP contribution >= 0.6 is 0 Å². The lowest BCUT2D eigenvalue weighted by Crippen LogP contribution is -2.15. The molecule has 0 fully saturated rings. The van der Waals surface area contributed by atoms with Gasteiger partial charge in [-0.25, -0.2) is 29.9 Å². The van der Waals surface area contributed by atoms with E-state index in [9.17, 15) is 0 Å². The minimum atomic E-state index is -0.364. The first-order chi connectivity index (χ1) is 55.0. The zero-order chi connectivity index (χ0) is 74.5. The molecule has 16 aromatic carbocycles. The Morgan fingerprint density at radius 3 is 1.23 bits per heavy atom. The molecule has 0 aliphatic heterocycles. The molecule has 0 bridgehead atoms. The van der Waals surface area contributed by atoms with E-state index in [1.807, 2.05) is 42.5 Å². The Kier molecular flexibility index (Phi) is 14.5. The van der Waals surface area contributed by atoms with E-state index in [0.29, 0.717) is 34.9 Å². The van der Waals surface area contributed by atoms with Gasteiger partial charge in [0, 0.05) is 76.9 Å². The zero-order valence-electron chi connectivity index (χ0n) is 62.1. The normalized spacial score (nSPS) is 13.1. The Bertz CT molecular complexity index is 7250. The molecule has 0 unspecified atom stereocenters. The molecule has 0 amide bonds. The summed E-state index contributed by atoms with van der Waals surface area (Å²) in [4.78, 5) is 32.6. The van der Waals surface area contributed by atoms with Crippen molar-refractivity contribution in [3.05, 3.63) is 374 Å². The summed E-state index contributed by atoms with van der Waals surface area (Å²) in [6, 6.07) is 127. The van der Waals surface area contributed by atoms with Gasteiger partial charge in [0.15, 0.2) is 34.9 Å². The van der Waals surface area contributed by atoms with Crippen LogP contribution in [0.4, 0.5) is 0 Å². The molecule has 2 aliphatic rings. The van der Waals surface area contributed by atoms with E-state index in [1.54, 1.807) is 0 Å². The van der Waals surface area contributed by atoms with E-state index in [1.165, 1.54) is 76.8 Å². The van der Waals surface area contributed by atoms with Crippen LogP contribution < -0.4 is 0 Å². The molecule has 2 aliphatic carbocycles. The molecule has 0 saturated heterocycles. The topological polar surface area (TPSA) is 87.2 Å². The average Bonchev–Trinajstić information content (AvgIpc) is 1.55. The number of para-hydroxylation sites is 3. The minimum Gasteiger partial charge on any atom is -0.309 e. The Morgan fingerprint density at radius 2 is 0.607 bits per heavy atom. The monoisotopic (exact) mass is 1430 g/mol. The van der Waals surface area contributed by atoms with Crippen LogP contribution in [0, 0.1) is 0 Å². The predicted octanol–water partition coefficient (Wildman–Crippen LogP) is 26.2. The molecule has 20 aromatic rings. The van der Waals surface area contributed by atoms with E-state index >= 15 is 0 Å². The standard InChI is InChI=1S/C104H70N8/c1-103(2)86-45-21-18-39-76(86)82-59-85-78-41-20-23-47-91(78)112(94(85)62-88(82)103)96-75(72-51-49-63-27-14-16-35-68(63)55-72)42-25-44-80(96)102-109-99(67-33-12-7-13-34-67)106-100(110-102)74-38-24-37-70(57-74)71-53-54-87-81(58-71)83-60-84-77-40-19-22-46-90(77)111(93(84)61-89(83)104(87,3)4)92-48-26-43-79(95(92)73-52-50-64-28-15-17-36-69(64)56-73)101-107-97(65-29-8-5-9-30-65)105-98(108-101)66-31-10-6-11-32-66/h5-62H,1-4H3. The summed E-state index contributed by atoms with van der Waals surface area (Å²) < 4.78 is 4.98. The highest BCUT2D eigenvalue weighted by Gasteiger charge is 2.39. The number of fused-ring (bicyclic) bond motifs is 14. The van der Waals surface area contributed by atoms with Gasteiger partial charge in [0.05, 0.1) is 33.4 Å². The van der Waals surface area contributed by atoms with Crippen LogP contribution in [0.15, 0.2) is 352 Å². The van der Waals surface area contributed by atoms with Gasteiger partial charge in [0.2, 0.25) is 0 Å². The van der Waals surface area contributed by atoms with Crippen molar-refractivity contribution in [2.75, 3.05) is 0 Å². The van der Waals surface area contributed by atoms with Crippen LogP contribution in [0.5, 0.6) is 0 Å². The maximum atomic E-state index is 5.68. The van der Waals surface area contributed by atoms with Gasteiger partial charge in [-0.15, -0.1) is 0 Å². The number of aromatic nitrogens is 8. The van der Waals surface area contributed by atoms with E-state index in [0.717, 1.165) is 111 Å². The first-order valence-corrected chi connectivity index (χ1v) is 38.5. The maximum absolute atomic E-state index is 5.68. The van der Waals surface area contributed by atoms with Crippen molar-refractivity contribution < 1.29 is 0 Å². The molecule has 0 radical (unpaired) electrons. The van der Waals surface area contributed by atoms with E-state index < -0.39 is 0 Å². The summed E-state index contributed by atoms with van der Waals surface area (Å²) in [5, 5.41) is 9.37. The highest BCUT2D eigenvalue weighted by Crippen LogP contribution is 2.55. The lowest BCUT2D eigenvalue weighted by atomic mass is 9.82. The predicted molar refractivity (Wildman–Crippen MR) is 461 cm³/mol. The third-order valence-corrected chi connectivity index (χ3v) is 23.8. The number of rotatable bonds is 11. The van der Waals surface area contributed by atoms with E-state index in [2.05, 4.69) is 346 Å². The molecule has 0 atom stereocenters. The van der Waals surface area contributed by atoms with Crippen molar-refractivity contribution in [2.24, 2.45) is 0 Å². The Morgan fingerprint density at radius 1 is 0.205 bits per heavy atom. The fraction of sp³-hybridized carbons (Fsp3) is 0.0577. The minimum absolute atomic E-state index is 0.232. The third kappa shape index (κ3) is 10.2. The molecule has 526 valence electrons. The molecule has 4 heterocycles. The Balaban J connectivity index is 0.701. The summed E-state index contributed by atoms with van der Waals surface area (Å²) in [5.74, 6) is 3.56. The summed E-state index contributed by atoms with van der Waals surface area (Å²) >= 11 is 0. The smallest absolute Gasteiger partial charge is 0.166 e. The van der Waals surface area contributed by atoms with Gasteiger partial charge in [0.1, 0.15) is 0 Å². The first kappa shape index (κ1) is 64.8. The molecule has 0 saturated carbocycles. The van der Waals surface area contributed by atoms with Gasteiger partial charge >= 0.3 is 0 Å². The largest absolute Gasteiger partial charge is 0.309 e. The van der Waals surface area contributed by atoms with Gasteiger partial charge in [0.25, 0.3) is 0 Å². The summed E-state index contributed by atoms with van der Waals surface area (Å²) in [6.45, 7) is 9.50. The first-order valence-electron chi connectivity index (χ1n) is 38.5. The third-order valence-electron chi connectivity index (χ3n) is 23.8. The summed E-state index contributed by atoms with van der Waals surface area (Å²) in [5.41, 5.74) is 27.9. The lowest BCUT2D eigenvalue weighted by molar-refractivity contribution is 0.661. The molecule has 8 heteroatoms. The van der Waals surface area contributed by atoms with Crippen LogP contribution in [0.1, 0.15) is 49.9 Å². The fourth-order valence-corrected chi connectivity index (χ4v) is 18.3. The number of nitrogens with zero attached hydrogens (tertiary/aromatic N) is 8. The zero-order valence-corrected chi connectivity index (χ0v) is 62.1. The Labute approximate surface area is 648 Å². The van der Waals surface area contributed by atoms with Gasteiger partial charge < -0.3 is 9.13 Å². The van der Waals surface area contributed by atoms with Gasteiger partial charge in [-0.2, -0.15) is 0 Å². The number of benzene rings is 16. The van der Waals surface area contributed by atoms with Crippen LogP contribution in [0.3, 0.4) is 0 Å². The van der Waals surface area contributed by atoms with Crippen molar-refractivity contribution in [3.8, 4) is 135 Å². The Hall–Kier alpha value is -14.3. The second-order valence-corrected chi connectivity index (χ2v) is 30.9. The highest BCUT2D eigenvalue weighted by molar-refractivity contribution is 6.15. The molecule has 0 spiro atoms. The van der Waals surface area contributed by atoms with Crippen LogP contribution in [-0.2, 0) is 10.8 Å². The van der Waals surface area contributed by atoms with Crippen molar-refractivity contribution in [3.63, 3.8) is 0 Å².